The summed E-state index contributed by atoms with van der Waals surface area (Å²) in [4.78, 5) is 28.9. The van der Waals surface area contributed by atoms with Gasteiger partial charge < -0.3 is 9.88 Å². The van der Waals surface area contributed by atoms with Crippen LogP contribution in [0.3, 0.4) is 0 Å². The number of benzene rings is 1. The van der Waals surface area contributed by atoms with E-state index in [-0.39, 0.29) is 5.91 Å². The van der Waals surface area contributed by atoms with Crippen molar-refractivity contribution in [1.82, 2.24) is 20.2 Å². The molecule has 0 spiro atoms. The zero-order chi connectivity index (χ0) is 19.8. The number of urea groups is 1. The number of imidazole rings is 1. The molecule has 27 heavy (non-hydrogen) atoms. The second kappa shape index (κ2) is 10.2. The van der Waals surface area contributed by atoms with Gasteiger partial charge in [0.1, 0.15) is 0 Å². The van der Waals surface area contributed by atoms with E-state index < -0.39 is 11.3 Å². The van der Waals surface area contributed by atoms with Gasteiger partial charge in [-0.1, -0.05) is 55.4 Å². The van der Waals surface area contributed by atoms with E-state index in [0.29, 0.717) is 6.54 Å². The Balaban J connectivity index is 1.89. The number of rotatable bonds is 8. The Morgan fingerprint density at radius 1 is 1.22 bits per heavy atom. The lowest BCUT2D eigenvalue weighted by atomic mass is 10.2. The lowest BCUT2D eigenvalue weighted by Gasteiger charge is -2.14. The first-order chi connectivity index (χ1) is 12.9. The second-order valence-electron chi connectivity index (χ2n) is 6.49. The Hall–Kier alpha value is -2.28. The molecule has 2 aromatic rings. The molecule has 0 bridgehead atoms. The van der Waals surface area contributed by atoms with Gasteiger partial charge in [-0.25, -0.2) is 9.78 Å². The normalized spacial score (nSPS) is 11.9. The van der Waals surface area contributed by atoms with Crippen LogP contribution in [-0.2, 0) is 17.9 Å². The summed E-state index contributed by atoms with van der Waals surface area (Å²) in [7, 11) is 0. The van der Waals surface area contributed by atoms with Gasteiger partial charge in [-0.15, -0.1) is 0 Å². The summed E-state index contributed by atoms with van der Waals surface area (Å²) in [5.74, 6) is -0.328. The van der Waals surface area contributed by atoms with Crippen molar-refractivity contribution in [3.8, 4) is 0 Å². The summed E-state index contributed by atoms with van der Waals surface area (Å²) in [5, 5.41) is 5.51. The predicted molar refractivity (Wildman–Crippen MR) is 109 cm³/mol. The topological polar surface area (TPSA) is 76.0 Å². The first-order valence-electron chi connectivity index (χ1n) is 9.25. The average molecular weight is 389 g/mol. The Morgan fingerprint density at radius 2 is 1.93 bits per heavy atom. The minimum Gasteiger partial charge on any atom is -0.334 e. The van der Waals surface area contributed by atoms with Crippen LogP contribution in [0.15, 0.2) is 35.5 Å². The maximum atomic E-state index is 12.4. The molecule has 0 aliphatic heterocycles. The molecule has 3 amide bonds. The van der Waals surface area contributed by atoms with Crippen LogP contribution in [0.5, 0.6) is 0 Å². The van der Waals surface area contributed by atoms with Crippen molar-refractivity contribution in [3.05, 3.63) is 47.3 Å². The van der Waals surface area contributed by atoms with E-state index in [0.717, 1.165) is 41.5 Å². The summed E-state index contributed by atoms with van der Waals surface area (Å²) in [6.45, 7) is 9.22. The van der Waals surface area contributed by atoms with E-state index in [2.05, 4.69) is 27.1 Å². The summed E-state index contributed by atoms with van der Waals surface area (Å²) in [6, 6.07) is 9.08. The first-order valence-corrected chi connectivity index (χ1v) is 10.1. The largest absolute Gasteiger partial charge is 0.334 e. The van der Waals surface area contributed by atoms with Crippen LogP contribution in [0, 0.1) is 13.8 Å². The number of aryl methyl sites for hydroxylation is 1. The number of nitrogens with zero attached hydrogens (tertiary/aromatic N) is 2. The van der Waals surface area contributed by atoms with Crippen LogP contribution in [0.1, 0.15) is 43.6 Å². The van der Waals surface area contributed by atoms with Gasteiger partial charge in [0.2, 0.25) is 5.91 Å². The molecular weight excluding hydrogens is 360 g/mol. The van der Waals surface area contributed by atoms with Crippen molar-refractivity contribution in [2.75, 3.05) is 0 Å². The highest BCUT2D eigenvalue weighted by Crippen LogP contribution is 2.25. The first kappa shape index (κ1) is 21.0. The van der Waals surface area contributed by atoms with Gasteiger partial charge >= 0.3 is 6.03 Å². The van der Waals surface area contributed by atoms with Gasteiger partial charge in [0, 0.05) is 18.8 Å². The van der Waals surface area contributed by atoms with Crippen molar-refractivity contribution < 1.29 is 9.59 Å². The maximum absolute atomic E-state index is 12.4. The van der Waals surface area contributed by atoms with Crippen LogP contribution in [0.25, 0.3) is 0 Å². The smallest absolute Gasteiger partial charge is 0.321 e. The van der Waals surface area contributed by atoms with E-state index in [1.807, 2.05) is 44.2 Å². The number of nitrogens with one attached hydrogen (secondary N) is 2. The van der Waals surface area contributed by atoms with Crippen molar-refractivity contribution in [3.63, 3.8) is 0 Å². The zero-order valence-corrected chi connectivity index (χ0v) is 17.2. The summed E-state index contributed by atoms with van der Waals surface area (Å²) in [5.41, 5.74) is 3.08. The van der Waals surface area contributed by atoms with Crippen LogP contribution in [0.2, 0.25) is 0 Å². The minimum atomic E-state index is -0.488. The third-order valence-corrected chi connectivity index (χ3v) is 5.43. The highest BCUT2D eigenvalue weighted by atomic mass is 32.2. The summed E-state index contributed by atoms with van der Waals surface area (Å²) in [6.07, 6.45) is 2.16. The number of imide groups is 1. The van der Waals surface area contributed by atoms with Gasteiger partial charge in [0.15, 0.2) is 5.16 Å². The van der Waals surface area contributed by atoms with E-state index in [1.54, 1.807) is 6.92 Å². The number of hydrogen-bond acceptors (Lipinski definition) is 4. The lowest BCUT2D eigenvalue weighted by molar-refractivity contribution is -0.119. The molecule has 146 valence electrons. The predicted octanol–water partition coefficient (Wildman–Crippen LogP) is 3.81. The van der Waals surface area contributed by atoms with Crippen LogP contribution in [0.4, 0.5) is 4.79 Å². The van der Waals surface area contributed by atoms with Gasteiger partial charge in [-0.3, -0.25) is 10.1 Å². The number of carbonyl (C=O) groups is 2. The fourth-order valence-corrected chi connectivity index (χ4v) is 3.57. The van der Waals surface area contributed by atoms with Crippen molar-refractivity contribution in [2.24, 2.45) is 0 Å². The third-order valence-electron chi connectivity index (χ3n) is 4.34. The van der Waals surface area contributed by atoms with Crippen molar-refractivity contribution in [2.45, 2.75) is 64.0 Å². The molecule has 7 heteroatoms. The maximum Gasteiger partial charge on any atom is 0.321 e. The number of amides is 3. The van der Waals surface area contributed by atoms with Crippen molar-refractivity contribution >= 4 is 23.7 Å². The molecular formula is C20H28N4O2S. The number of thioether (sulfide) groups is 1. The molecule has 1 aromatic heterocycles. The van der Waals surface area contributed by atoms with Gasteiger partial charge in [0.05, 0.1) is 10.9 Å². The molecule has 1 unspecified atom stereocenters. The van der Waals surface area contributed by atoms with Gasteiger partial charge in [-0.05, 0) is 32.8 Å². The fraction of sp³-hybridized carbons (Fsp3) is 0.450. The molecule has 6 nitrogen and oxygen atoms in total. The Morgan fingerprint density at radius 3 is 2.59 bits per heavy atom. The number of unbranched alkanes of at least 4 members (excludes halogenated alkanes) is 1. The van der Waals surface area contributed by atoms with E-state index in [4.69, 9.17) is 0 Å². The van der Waals surface area contributed by atoms with Gasteiger partial charge in [-0.2, -0.15) is 0 Å². The minimum absolute atomic E-state index is 0.328. The van der Waals surface area contributed by atoms with Crippen LogP contribution >= 0.6 is 11.8 Å². The zero-order valence-electron chi connectivity index (χ0n) is 16.4. The molecule has 0 saturated carbocycles. The van der Waals surface area contributed by atoms with Crippen LogP contribution in [-0.4, -0.2) is 26.7 Å². The molecule has 0 radical (unpaired) electrons. The molecule has 1 aromatic carbocycles. The quantitative estimate of drug-likeness (QED) is 0.674. The Kier molecular flexibility index (Phi) is 7.91. The fourth-order valence-electron chi connectivity index (χ4n) is 2.54. The SMILES string of the molecule is CCCCn1c(SC(C)C(=O)NC(=O)NCc2ccccc2)nc(C)c1C. The summed E-state index contributed by atoms with van der Waals surface area (Å²) < 4.78 is 2.16. The molecule has 0 aliphatic carbocycles. The van der Waals surface area contributed by atoms with E-state index in [1.165, 1.54) is 11.8 Å². The third kappa shape index (κ3) is 6.13. The average Bonchev–Trinajstić information content (AvgIpc) is 2.92. The highest BCUT2D eigenvalue weighted by Gasteiger charge is 2.21. The summed E-state index contributed by atoms with van der Waals surface area (Å²) >= 11 is 1.38. The van der Waals surface area contributed by atoms with Crippen LogP contribution < -0.4 is 10.6 Å². The second-order valence-corrected chi connectivity index (χ2v) is 7.80. The lowest BCUT2D eigenvalue weighted by Crippen LogP contribution is -2.42. The molecule has 0 saturated heterocycles. The Bertz CT molecular complexity index is 774. The molecule has 1 heterocycles. The molecule has 2 rings (SSSR count). The molecule has 0 aliphatic rings. The standard InChI is InChI=1S/C20H28N4O2S/c1-5-6-12-24-15(3)14(2)22-20(24)27-16(4)18(25)23-19(26)21-13-17-10-8-7-9-11-17/h7-11,16H,5-6,12-13H2,1-4H3,(H2,21,23,25,26). The molecule has 0 fully saturated rings. The number of carbonyl (C=O) groups excluding carboxylic acids is 2. The van der Waals surface area contributed by atoms with E-state index >= 15 is 0 Å². The monoisotopic (exact) mass is 388 g/mol. The molecule has 2 N–H and O–H groups in total. The van der Waals surface area contributed by atoms with Gasteiger partial charge in [0.25, 0.3) is 0 Å². The van der Waals surface area contributed by atoms with E-state index in [9.17, 15) is 9.59 Å². The Labute approximate surface area is 165 Å². The number of hydrogen-bond donors (Lipinski definition) is 2. The highest BCUT2D eigenvalue weighted by molar-refractivity contribution is 8.00. The van der Waals surface area contributed by atoms with Crippen molar-refractivity contribution in [1.29, 1.82) is 0 Å². The number of aromatic nitrogens is 2. The molecule has 1 atom stereocenters.